The molecule has 1 unspecified atom stereocenters. The molecule has 2 N–H and O–H groups in total. The molecular weight excluding hydrogens is 271 g/mol. The van der Waals surface area contributed by atoms with Crippen LogP contribution in [0, 0.1) is 11.7 Å². The number of aliphatic hydroxyl groups is 1. The van der Waals surface area contributed by atoms with E-state index < -0.39 is 0 Å². The highest BCUT2D eigenvalue weighted by atomic mass is 19.1. The standard InChI is InChI=1S/C16H21FN2O2/c17-13-5-3-12(4-6-13)15(11-1-2-11)18-16(21)19(9-10-20)14-7-8-14/h3-6,11,14-15,20H,1-2,7-10H2,(H,18,21). The number of nitrogens with zero attached hydrogens (tertiary/aromatic N) is 1. The summed E-state index contributed by atoms with van der Waals surface area (Å²) in [4.78, 5) is 14.1. The molecule has 2 aliphatic carbocycles. The van der Waals surface area contributed by atoms with Crippen molar-refractivity contribution < 1.29 is 14.3 Å². The van der Waals surface area contributed by atoms with E-state index >= 15 is 0 Å². The molecule has 0 heterocycles. The zero-order valence-corrected chi connectivity index (χ0v) is 12.0. The van der Waals surface area contributed by atoms with Crippen molar-refractivity contribution in [1.29, 1.82) is 0 Å². The number of benzene rings is 1. The van der Waals surface area contributed by atoms with Crippen molar-refractivity contribution in [2.45, 2.75) is 37.8 Å². The largest absolute Gasteiger partial charge is 0.395 e. The fourth-order valence-corrected chi connectivity index (χ4v) is 2.73. The van der Waals surface area contributed by atoms with Crippen molar-refractivity contribution >= 4 is 6.03 Å². The number of urea groups is 1. The molecule has 0 aliphatic heterocycles. The van der Waals surface area contributed by atoms with E-state index in [0.717, 1.165) is 31.2 Å². The smallest absolute Gasteiger partial charge is 0.318 e. The summed E-state index contributed by atoms with van der Waals surface area (Å²) >= 11 is 0. The molecular formula is C16H21FN2O2. The predicted molar refractivity (Wildman–Crippen MR) is 77.2 cm³/mol. The Hall–Kier alpha value is -1.62. The molecule has 1 atom stereocenters. The van der Waals surface area contributed by atoms with Gasteiger partial charge in [0.25, 0.3) is 0 Å². The van der Waals surface area contributed by atoms with Crippen LogP contribution in [0.15, 0.2) is 24.3 Å². The Bertz CT molecular complexity index is 498. The second-order valence-corrected chi connectivity index (χ2v) is 5.96. The lowest BCUT2D eigenvalue weighted by atomic mass is 10.0. The number of hydrogen-bond donors (Lipinski definition) is 2. The van der Waals surface area contributed by atoms with E-state index in [-0.39, 0.29) is 30.5 Å². The van der Waals surface area contributed by atoms with Crippen LogP contribution in [0.1, 0.15) is 37.3 Å². The van der Waals surface area contributed by atoms with E-state index in [1.54, 1.807) is 17.0 Å². The Kier molecular flexibility index (Phi) is 4.10. The van der Waals surface area contributed by atoms with Gasteiger partial charge in [0.2, 0.25) is 0 Å². The Balaban J connectivity index is 1.69. The molecule has 0 aromatic heterocycles. The van der Waals surface area contributed by atoms with Gasteiger partial charge in [-0.25, -0.2) is 9.18 Å². The van der Waals surface area contributed by atoms with Gasteiger partial charge in [0.15, 0.2) is 0 Å². The summed E-state index contributed by atoms with van der Waals surface area (Å²) in [5.41, 5.74) is 0.951. The van der Waals surface area contributed by atoms with Gasteiger partial charge in [-0.05, 0) is 49.3 Å². The zero-order valence-electron chi connectivity index (χ0n) is 12.0. The molecule has 21 heavy (non-hydrogen) atoms. The van der Waals surface area contributed by atoms with E-state index in [1.807, 2.05) is 0 Å². The third-order valence-corrected chi connectivity index (χ3v) is 4.19. The summed E-state index contributed by atoms with van der Waals surface area (Å²) in [6, 6.07) is 6.45. The van der Waals surface area contributed by atoms with Gasteiger partial charge in [-0.3, -0.25) is 0 Å². The third-order valence-electron chi connectivity index (χ3n) is 4.19. The lowest BCUT2D eigenvalue weighted by Gasteiger charge is -2.26. The quantitative estimate of drug-likeness (QED) is 0.846. The highest BCUT2D eigenvalue weighted by Gasteiger charge is 2.37. The Morgan fingerprint density at radius 2 is 1.95 bits per heavy atom. The number of carbonyl (C=O) groups excluding carboxylic acids is 1. The van der Waals surface area contributed by atoms with Gasteiger partial charge in [0.1, 0.15) is 5.82 Å². The van der Waals surface area contributed by atoms with E-state index in [0.29, 0.717) is 12.5 Å². The molecule has 2 saturated carbocycles. The van der Waals surface area contributed by atoms with Crippen LogP contribution in [0.5, 0.6) is 0 Å². The summed E-state index contributed by atoms with van der Waals surface area (Å²) in [6.45, 7) is 0.353. The van der Waals surface area contributed by atoms with Crippen LogP contribution in [0.25, 0.3) is 0 Å². The van der Waals surface area contributed by atoms with Crippen LogP contribution in [-0.4, -0.2) is 35.2 Å². The maximum Gasteiger partial charge on any atom is 0.318 e. The van der Waals surface area contributed by atoms with Gasteiger partial charge in [0.05, 0.1) is 12.6 Å². The van der Waals surface area contributed by atoms with Gasteiger partial charge in [0, 0.05) is 12.6 Å². The van der Waals surface area contributed by atoms with Gasteiger partial charge < -0.3 is 15.3 Å². The van der Waals surface area contributed by atoms with Crippen LogP contribution < -0.4 is 5.32 Å². The summed E-state index contributed by atoms with van der Waals surface area (Å²) in [5.74, 6) is 0.175. The minimum absolute atomic E-state index is 0.0193. The Morgan fingerprint density at radius 3 is 2.48 bits per heavy atom. The summed E-state index contributed by atoms with van der Waals surface area (Å²) in [6.07, 6.45) is 4.20. The zero-order chi connectivity index (χ0) is 14.8. The Morgan fingerprint density at radius 1 is 1.29 bits per heavy atom. The first-order valence-electron chi connectivity index (χ1n) is 7.62. The monoisotopic (exact) mass is 292 g/mol. The topological polar surface area (TPSA) is 52.6 Å². The predicted octanol–water partition coefficient (Wildman–Crippen LogP) is 2.44. The second-order valence-electron chi connectivity index (χ2n) is 5.96. The van der Waals surface area contributed by atoms with E-state index in [9.17, 15) is 9.18 Å². The first-order chi connectivity index (χ1) is 10.2. The molecule has 4 nitrogen and oxygen atoms in total. The number of aliphatic hydroxyl groups excluding tert-OH is 1. The Labute approximate surface area is 124 Å². The molecule has 5 heteroatoms. The summed E-state index contributed by atoms with van der Waals surface area (Å²) in [5, 5.41) is 12.2. The molecule has 1 aromatic rings. The van der Waals surface area contributed by atoms with Crippen molar-refractivity contribution in [1.82, 2.24) is 10.2 Å². The molecule has 0 bridgehead atoms. The SMILES string of the molecule is O=C(NC(c1ccc(F)cc1)C1CC1)N(CCO)C1CC1. The molecule has 2 aliphatic rings. The van der Waals surface area contributed by atoms with Crippen LogP contribution in [0.2, 0.25) is 0 Å². The molecule has 1 aromatic carbocycles. The van der Waals surface area contributed by atoms with Crippen LogP contribution in [0.4, 0.5) is 9.18 Å². The average molecular weight is 292 g/mol. The van der Waals surface area contributed by atoms with Crippen LogP contribution in [0.3, 0.4) is 0 Å². The van der Waals surface area contributed by atoms with Gasteiger partial charge in [-0.15, -0.1) is 0 Å². The number of nitrogens with one attached hydrogen (secondary N) is 1. The maximum absolute atomic E-state index is 13.0. The maximum atomic E-state index is 13.0. The lowest BCUT2D eigenvalue weighted by Crippen LogP contribution is -2.44. The highest BCUT2D eigenvalue weighted by Crippen LogP contribution is 2.41. The van der Waals surface area contributed by atoms with Crippen molar-refractivity contribution in [3.63, 3.8) is 0 Å². The average Bonchev–Trinajstić information content (AvgIpc) is 3.36. The summed E-state index contributed by atoms with van der Waals surface area (Å²) < 4.78 is 13.0. The minimum atomic E-state index is -0.264. The van der Waals surface area contributed by atoms with E-state index in [4.69, 9.17) is 5.11 Å². The highest BCUT2D eigenvalue weighted by molar-refractivity contribution is 5.75. The molecule has 2 fully saturated rings. The minimum Gasteiger partial charge on any atom is -0.395 e. The van der Waals surface area contributed by atoms with Crippen molar-refractivity contribution in [3.8, 4) is 0 Å². The van der Waals surface area contributed by atoms with E-state index in [1.165, 1.54) is 12.1 Å². The molecule has 2 amide bonds. The number of rotatable bonds is 6. The van der Waals surface area contributed by atoms with Crippen LogP contribution in [-0.2, 0) is 0 Å². The van der Waals surface area contributed by atoms with Crippen molar-refractivity contribution in [3.05, 3.63) is 35.6 Å². The van der Waals surface area contributed by atoms with Crippen LogP contribution >= 0.6 is 0 Å². The molecule has 0 saturated heterocycles. The molecule has 0 spiro atoms. The normalized spacial score (nSPS) is 19.1. The number of carbonyl (C=O) groups is 1. The number of halogens is 1. The van der Waals surface area contributed by atoms with Crippen molar-refractivity contribution in [2.24, 2.45) is 5.92 Å². The van der Waals surface area contributed by atoms with Gasteiger partial charge >= 0.3 is 6.03 Å². The fourth-order valence-electron chi connectivity index (χ4n) is 2.73. The number of amides is 2. The first kappa shape index (κ1) is 14.3. The lowest BCUT2D eigenvalue weighted by molar-refractivity contribution is 0.169. The molecule has 0 radical (unpaired) electrons. The fraction of sp³-hybridized carbons (Fsp3) is 0.562. The molecule has 3 rings (SSSR count). The first-order valence-corrected chi connectivity index (χ1v) is 7.62. The third kappa shape index (κ3) is 3.53. The second kappa shape index (κ2) is 6.02. The number of hydrogen-bond acceptors (Lipinski definition) is 2. The summed E-state index contributed by atoms with van der Waals surface area (Å²) in [7, 11) is 0. The van der Waals surface area contributed by atoms with Gasteiger partial charge in [-0.1, -0.05) is 12.1 Å². The van der Waals surface area contributed by atoms with E-state index in [2.05, 4.69) is 5.32 Å². The molecule has 114 valence electrons. The van der Waals surface area contributed by atoms with Crippen molar-refractivity contribution in [2.75, 3.05) is 13.2 Å². The van der Waals surface area contributed by atoms with Gasteiger partial charge in [-0.2, -0.15) is 0 Å².